The van der Waals surface area contributed by atoms with Gasteiger partial charge in [-0.25, -0.2) is 4.39 Å². The average molecular weight is 370 g/mol. The Morgan fingerprint density at radius 3 is 2.30 bits per heavy atom. The van der Waals surface area contributed by atoms with E-state index in [1.165, 1.54) is 70.6 Å². The summed E-state index contributed by atoms with van der Waals surface area (Å²) in [4.78, 5) is 0. The molecule has 0 spiro atoms. The number of nitrogens with zero attached hydrogens (tertiary/aromatic N) is 1. The molecule has 0 bridgehead atoms. The van der Waals surface area contributed by atoms with Crippen molar-refractivity contribution in [1.82, 2.24) is 0 Å². The molecule has 1 aromatic rings. The van der Waals surface area contributed by atoms with Gasteiger partial charge in [-0.1, -0.05) is 58.4 Å². The van der Waals surface area contributed by atoms with Gasteiger partial charge in [0.15, 0.2) is 0 Å². The Balaban J connectivity index is 1.45. The Labute approximate surface area is 165 Å². The van der Waals surface area contributed by atoms with Gasteiger partial charge in [0.1, 0.15) is 11.9 Å². The van der Waals surface area contributed by atoms with E-state index < -0.39 is 0 Å². The molecule has 0 amide bonds. The van der Waals surface area contributed by atoms with Crippen LogP contribution in [-0.4, -0.2) is 0 Å². The fraction of sp³-hybridized carbons (Fsp3) is 0.720. The third-order valence-corrected chi connectivity index (χ3v) is 7.53. The maximum Gasteiger partial charge on any atom is 0.141 e. The summed E-state index contributed by atoms with van der Waals surface area (Å²) in [6.07, 6.45) is 14.9. The van der Waals surface area contributed by atoms with Gasteiger partial charge in [0.05, 0.1) is 5.56 Å². The minimum absolute atomic E-state index is 0.162. The van der Waals surface area contributed by atoms with Gasteiger partial charge in [-0.2, -0.15) is 5.26 Å². The zero-order chi connectivity index (χ0) is 19.2. The monoisotopic (exact) mass is 369 g/mol. The predicted octanol–water partition coefficient (Wildman–Crippen LogP) is 7.60. The molecule has 0 radical (unpaired) electrons. The largest absolute Gasteiger partial charge is 0.206 e. The van der Waals surface area contributed by atoms with Crippen LogP contribution >= 0.6 is 0 Å². The lowest BCUT2D eigenvalue weighted by atomic mass is 9.70. The third kappa shape index (κ3) is 5.34. The second kappa shape index (κ2) is 9.72. The van der Waals surface area contributed by atoms with Crippen molar-refractivity contribution < 1.29 is 4.39 Å². The Hall–Kier alpha value is -1.36. The van der Waals surface area contributed by atoms with Crippen LogP contribution in [0.4, 0.5) is 4.39 Å². The highest BCUT2D eigenvalue weighted by Gasteiger charge is 2.29. The summed E-state index contributed by atoms with van der Waals surface area (Å²) in [7, 11) is 0. The van der Waals surface area contributed by atoms with Crippen LogP contribution < -0.4 is 0 Å². The quantitative estimate of drug-likeness (QED) is 0.506. The second-order valence-corrected chi connectivity index (χ2v) is 9.35. The summed E-state index contributed by atoms with van der Waals surface area (Å²) in [5, 5.41) is 8.90. The SMILES string of the molecule is CCCC1CCC(CC(C)C2CCC(c3ccc(C#N)c(F)c3)CC2)CC1. The number of nitriles is 1. The number of benzene rings is 1. The molecule has 2 heteroatoms. The van der Waals surface area contributed by atoms with Crippen LogP contribution in [0.15, 0.2) is 18.2 Å². The lowest BCUT2D eigenvalue weighted by Crippen LogP contribution is -2.23. The normalized spacial score (nSPS) is 29.9. The van der Waals surface area contributed by atoms with Gasteiger partial charge >= 0.3 is 0 Å². The first-order valence-corrected chi connectivity index (χ1v) is 11.3. The zero-order valence-electron chi connectivity index (χ0n) is 17.2. The number of rotatable bonds is 6. The van der Waals surface area contributed by atoms with Crippen molar-refractivity contribution in [1.29, 1.82) is 5.26 Å². The van der Waals surface area contributed by atoms with Gasteiger partial charge in [0, 0.05) is 0 Å². The standard InChI is InChI=1S/C25H36FN/c1-3-4-19-5-7-20(8-6-19)15-18(2)21-9-11-22(12-10-21)23-13-14-24(17-27)25(26)16-23/h13-14,16,18-22H,3-12,15H2,1-2H3. The summed E-state index contributed by atoms with van der Waals surface area (Å²) < 4.78 is 13.9. The number of hydrogen-bond donors (Lipinski definition) is 0. The molecule has 1 atom stereocenters. The molecule has 0 aromatic heterocycles. The minimum Gasteiger partial charge on any atom is -0.206 e. The van der Waals surface area contributed by atoms with Crippen molar-refractivity contribution in [3.05, 3.63) is 35.1 Å². The van der Waals surface area contributed by atoms with Gasteiger partial charge < -0.3 is 0 Å². The van der Waals surface area contributed by atoms with E-state index in [0.717, 1.165) is 29.2 Å². The maximum atomic E-state index is 13.9. The van der Waals surface area contributed by atoms with Gasteiger partial charge in [-0.3, -0.25) is 0 Å². The molecule has 1 nitrogen and oxygen atoms in total. The fourth-order valence-corrected chi connectivity index (χ4v) is 5.78. The van der Waals surface area contributed by atoms with Crippen molar-refractivity contribution in [3.8, 4) is 6.07 Å². The highest BCUT2D eigenvalue weighted by atomic mass is 19.1. The van der Waals surface area contributed by atoms with Crippen molar-refractivity contribution in [3.63, 3.8) is 0 Å². The first-order valence-electron chi connectivity index (χ1n) is 11.3. The smallest absolute Gasteiger partial charge is 0.141 e. The highest BCUT2D eigenvalue weighted by Crippen LogP contribution is 2.42. The van der Waals surface area contributed by atoms with E-state index in [4.69, 9.17) is 5.26 Å². The lowest BCUT2D eigenvalue weighted by molar-refractivity contribution is 0.176. The lowest BCUT2D eigenvalue weighted by Gasteiger charge is -2.36. The first-order chi connectivity index (χ1) is 13.1. The highest BCUT2D eigenvalue weighted by molar-refractivity contribution is 5.34. The summed E-state index contributed by atoms with van der Waals surface area (Å²) in [6.45, 7) is 4.79. The van der Waals surface area contributed by atoms with E-state index in [-0.39, 0.29) is 11.4 Å². The van der Waals surface area contributed by atoms with Crippen molar-refractivity contribution in [2.24, 2.45) is 23.7 Å². The molecular weight excluding hydrogens is 333 g/mol. The Morgan fingerprint density at radius 2 is 1.70 bits per heavy atom. The van der Waals surface area contributed by atoms with Crippen LogP contribution in [0.5, 0.6) is 0 Å². The van der Waals surface area contributed by atoms with E-state index in [1.807, 2.05) is 12.1 Å². The molecule has 1 aromatic carbocycles. The molecule has 148 valence electrons. The van der Waals surface area contributed by atoms with E-state index in [1.54, 1.807) is 12.1 Å². The van der Waals surface area contributed by atoms with Gasteiger partial charge in [0.2, 0.25) is 0 Å². The molecular formula is C25H36FN. The molecule has 27 heavy (non-hydrogen) atoms. The molecule has 0 saturated heterocycles. The van der Waals surface area contributed by atoms with Crippen LogP contribution in [0.2, 0.25) is 0 Å². The molecule has 2 aliphatic rings. The zero-order valence-corrected chi connectivity index (χ0v) is 17.2. The Morgan fingerprint density at radius 1 is 1.04 bits per heavy atom. The topological polar surface area (TPSA) is 23.8 Å². The maximum absolute atomic E-state index is 13.9. The van der Waals surface area contributed by atoms with Gasteiger partial charge in [-0.15, -0.1) is 0 Å². The molecule has 1 unspecified atom stereocenters. The van der Waals surface area contributed by atoms with Crippen molar-refractivity contribution >= 4 is 0 Å². The van der Waals surface area contributed by atoms with E-state index in [2.05, 4.69) is 13.8 Å². The Bertz CT molecular complexity index is 630. The second-order valence-electron chi connectivity index (χ2n) is 9.35. The predicted molar refractivity (Wildman–Crippen MR) is 110 cm³/mol. The number of hydrogen-bond acceptors (Lipinski definition) is 1. The molecule has 2 fully saturated rings. The molecule has 2 saturated carbocycles. The van der Waals surface area contributed by atoms with Crippen molar-refractivity contribution in [2.45, 2.75) is 90.4 Å². The van der Waals surface area contributed by atoms with Crippen LogP contribution in [0.1, 0.15) is 102 Å². The van der Waals surface area contributed by atoms with Gasteiger partial charge in [-0.05, 0) is 79.4 Å². The van der Waals surface area contributed by atoms with Crippen LogP contribution in [0.3, 0.4) is 0 Å². The molecule has 0 N–H and O–H groups in total. The first kappa shape index (κ1) is 20.4. The van der Waals surface area contributed by atoms with Crippen LogP contribution in [0, 0.1) is 40.8 Å². The summed E-state index contributed by atoms with van der Waals surface area (Å²) in [6, 6.07) is 7.13. The molecule has 0 heterocycles. The van der Waals surface area contributed by atoms with Crippen molar-refractivity contribution in [2.75, 3.05) is 0 Å². The molecule has 3 rings (SSSR count). The molecule has 0 aliphatic heterocycles. The van der Waals surface area contributed by atoms with E-state index in [9.17, 15) is 4.39 Å². The summed E-state index contributed by atoms with van der Waals surface area (Å²) >= 11 is 0. The van der Waals surface area contributed by atoms with E-state index >= 15 is 0 Å². The third-order valence-electron chi connectivity index (χ3n) is 7.53. The van der Waals surface area contributed by atoms with Crippen LogP contribution in [0.25, 0.3) is 0 Å². The minimum atomic E-state index is -0.357. The number of halogens is 1. The fourth-order valence-electron chi connectivity index (χ4n) is 5.78. The van der Waals surface area contributed by atoms with E-state index in [0.29, 0.717) is 5.92 Å². The average Bonchev–Trinajstić information content (AvgIpc) is 2.70. The molecule has 2 aliphatic carbocycles. The van der Waals surface area contributed by atoms with Crippen LogP contribution in [-0.2, 0) is 0 Å². The van der Waals surface area contributed by atoms with Gasteiger partial charge in [0.25, 0.3) is 0 Å². The summed E-state index contributed by atoms with van der Waals surface area (Å²) in [5.74, 6) is 3.75. The Kier molecular flexibility index (Phi) is 7.33. The summed E-state index contributed by atoms with van der Waals surface area (Å²) in [5.41, 5.74) is 1.25.